The van der Waals surface area contributed by atoms with Crippen LogP contribution in [0.25, 0.3) is 11.3 Å². The number of rotatable bonds is 8. The normalized spacial score (nSPS) is 10.6. The Morgan fingerprint density at radius 2 is 1.89 bits per heavy atom. The summed E-state index contributed by atoms with van der Waals surface area (Å²) in [5.41, 5.74) is 2.51. The summed E-state index contributed by atoms with van der Waals surface area (Å²) in [4.78, 5) is 14.0. The van der Waals surface area contributed by atoms with E-state index < -0.39 is 0 Å². The van der Waals surface area contributed by atoms with Gasteiger partial charge in [-0.1, -0.05) is 18.2 Å². The molecule has 1 amide bonds. The van der Waals surface area contributed by atoms with Crippen LogP contribution in [0.15, 0.2) is 60.8 Å². The first kappa shape index (κ1) is 18.6. The fraction of sp³-hybridized carbons (Fsp3) is 0.238. The second-order valence-electron chi connectivity index (χ2n) is 6.29. The molecule has 3 aromatic rings. The number of benzene rings is 2. The maximum Gasteiger partial charge on any atom is 0.222 e. The van der Waals surface area contributed by atoms with Crippen molar-refractivity contribution >= 4 is 5.91 Å². The van der Waals surface area contributed by atoms with Crippen LogP contribution in [-0.4, -0.2) is 34.7 Å². The Morgan fingerprint density at radius 3 is 2.63 bits per heavy atom. The van der Waals surface area contributed by atoms with Gasteiger partial charge in [-0.05, 0) is 42.8 Å². The number of carbonyl (C=O) groups is 1. The number of para-hydroxylation sites is 1. The van der Waals surface area contributed by atoms with E-state index in [1.807, 2.05) is 30.3 Å². The first-order valence-electron chi connectivity index (χ1n) is 8.83. The van der Waals surface area contributed by atoms with Crippen LogP contribution in [0, 0.1) is 5.82 Å². The van der Waals surface area contributed by atoms with Crippen molar-refractivity contribution < 1.29 is 13.9 Å². The molecule has 0 aliphatic rings. The Bertz CT molecular complexity index is 863. The lowest BCUT2D eigenvalue weighted by Gasteiger charge is -2.17. The number of nitrogens with zero attached hydrogens (tertiary/aromatic N) is 2. The molecule has 1 heterocycles. The summed E-state index contributed by atoms with van der Waals surface area (Å²) >= 11 is 0. The van der Waals surface area contributed by atoms with E-state index >= 15 is 0 Å². The molecule has 5 nitrogen and oxygen atoms in total. The first-order valence-corrected chi connectivity index (χ1v) is 8.83. The van der Waals surface area contributed by atoms with E-state index in [2.05, 4.69) is 10.2 Å². The highest BCUT2D eigenvalue weighted by atomic mass is 19.1. The quantitative estimate of drug-likeness (QED) is 0.612. The highest BCUT2D eigenvalue weighted by Crippen LogP contribution is 2.22. The molecule has 0 unspecified atom stereocenters. The highest BCUT2D eigenvalue weighted by molar-refractivity contribution is 5.76. The molecule has 0 aliphatic carbocycles. The van der Waals surface area contributed by atoms with Crippen molar-refractivity contribution in [3.8, 4) is 17.0 Å². The molecule has 0 fully saturated rings. The summed E-state index contributed by atoms with van der Waals surface area (Å²) in [6.45, 7) is 0.928. The number of aromatic nitrogens is 2. The third-order valence-electron chi connectivity index (χ3n) is 4.23. The number of aromatic amines is 1. The Hall–Kier alpha value is -3.15. The van der Waals surface area contributed by atoms with Crippen molar-refractivity contribution in [2.24, 2.45) is 0 Å². The number of amides is 1. The van der Waals surface area contributed by atoms with Gasteiger partial charge in [-0.25, -0.2) is 4.39 Å². The van der Waals surface area contributed by atoms with E-state index in [0.29, 0.717) is 26.0 Å². The standard InChI is InChI=1S/C21H22FN3O2/c1-25(20(26)8-5-13-27-19-6-3-2-4-7-19)15-17-14-23-24-21(17)16-9-11-18(22)12-10-16/h2-4,6-7,9-12,14H,5,8,13,15H2,1H3,(H,23,24). The topological polar surface area (TPSA) is 58.2 Å². The largest absolute Gasteiger partial charge is 0.494 e. The summed E-state index contributed by atoms with van der Waals surface area (Å²) in [5.74, 6) is 0.559. The number of hydrogen-bond donors (Lipinski definition) is 1. The van der Waals surface area contributed by atoms with Gasteiger partial charge in [-0.2, -0.15) is 5.10 Å². The van der Waals surface area contributed by atoms with Gasteiger partial charge in [0.1, 0.15) is 11.6 Å². The van der Waals surface area contributed by atoms with E-state index in [9.17, 15) is 9.18 Å². The lowest BCUT2D eigenvalue weighted by molar-refractivity contribution is -0.130. The summed E-state index contributed by atoms with van der Waals surface area (Å²) in [6.07, 6.45) is 2.75. The number of carbonyl (C=O) groups excluding carboxylic acids is 1. The van der Waals surface area contributed by atoms with Crippen LogP contribution in [0.1, 0.15) is 18.4 Å². The predicted molar refractivity (Wildman–Crippen MR) is 102 cm³/mol. The molecule has 1 aromatic heterocycles. The van der Waals surface area contributed by atoms with Crippen molar-refractivity contribution in [1.29, 1.82) is 0 Å². The average molecular weight is 367 g/mol. The fourth-order valence-corrected chi connectivity index (χ4v) is 2.76. The molecule has 3 rings (SSSR count). The van der Waals surface area contributed by atoms with Gasteiger partial charge in [0, 0.05) is 31.1 Å². The Balaban J connectivity index is 1.50. The summed E-state index contributed by atoms with van der Waals surface area (Å²) in [7, 11) is 1.77. The Morgan fingerprint density at radius 1 is 1.15 bits per heavy atom. The monoisotopic (exact) mass is 367 g/mol. The molecular weight excluding hydrogens is 345 g/mol. The SMILES string of the molecule is CN(Cc1cn[nH]c1-c1ccc(F)cc1)C(=O)CCCOc1ccccc1. The number of nitrogens with one attached hydrogen (secondary N) is 1. The molecule has 0 atom stereocenters. The van der Waals surface area contributed by atoms with Gasteiger partial charge in [0.2, 0.25) is 5.91 Å². The second-order valence-corrected chi connectivity index (χ2v) is 6.29. The first-order chi connectivity index (χ1) is 13.1. The maximum atomic E-state index is 13.1. The van der Waals surface area contributed by atoms with E-state index in [4.69, 9.17) is 4.74 Å². The minimum absolute atomic E-state index is 0.0397. The Labute approximate surface area is 157 Å². The highest BCUT2D eigenvalue weighted by Gasteiger charge is 2.14. The minimum Gasteiger partial charge on any atom is -0.494 e. The van der Waals surface area contributed by atoms with Crippen LogP contribution in [0.3, 0.4) is 0 Å². The average Bonchev–Trinajstić information content (AvgIpc) is 3.14. The van der Waals surface area contributed by atoms with Crippen LogP contribution in [0.5, 0.6) is 5.75 Å². The van der Waals surface area contributed by atoms with Gasteiger partial charge >= 0.3 is 0 Å². The molecule has 0 radical (unpaired) electrons. The van der Waals surface area contributed by atoms with E-state index in [1.54, 1.807) is 30.3 Å². The number of halogens is 1. The maximum absolute atomic E-state index is 13.1. The predicted octanol–water partition coefficient (Wildman–Crippen LogP) is 4.03. The van der Waals surface area contributed by atoms with Crippen molar-refractivity contribution in [2.45, 2.75) is 19.4 Å². The molecule has 0 bridgehead atoms. The van der Waals surface area contributed by atoms with Gasteiger partial charge in [-0.15, -0.1) is 0 Å². The zero-order chi connectivity index (χ0) is 19.1. The van der Waals surface area contributed by atoms with Crippen molar-refractivity contribution in [3.05, 3.63) is 72.2 Å². The molecule has 0 aliphatic heterocycles. The van der Waals surface area contributed by atoms with Gasteiger partial charge in [-0.3, -0.25) is 9.89 Å². The lowest BCUT2D eigenvalue weighted by Crippen LogP contribution is -2.26. The summed E-state index contributed by atoms with van der Waals surface area (Å²) < 4.78 is 18.7. The van der Waals surface area contributed by atoms with Gasteiger partial charge in [0.15, 0.2) is 0 Å². The third kappa shape index (κ3) is 5.17. The van der Waals surface area contributed by atoms with Crippen LogP contribution in [0.2, 0.25) is 0 Å². The van der Waals surface area contributed by atoms with Crippen LogP contribution >= 0.6 is 0 Å². The van der Waals surface area contributed by atoms with E-state index in [1.165, 1.54) is 12.1 Å². The van der Waals surface area contributed by atoms with Crippen molar-refractivity contribution in [1.82, 2.24) is 15.1 Å². The third-order valence-corrected chi connectivity index (χ3v) is 4.23. The molecule has 6 heteroatoms. The fourth-order valence-electron chi connectivity index (χ4n) is 2.76. The lowest BCUT2D eigenvalue weighted by atomic mass is 10.1. The second kappa shape index (κ2) is 8.98. The minimum atomic E-state index is -0.287. The van der Waals surface area contributed by atoms with E-state index in [-0.39, 0.29) is 11.7 Å². The van der Waals surface area contributed by atoms with Gasteiger partial charge in [0.05, 0.1) is 18.5 Å². The number of ether oxygens (including phenoxy) is 1. The van der Waals surface area contributed by atoms with Gasteiger partial charge in [0.25, 0.3) is 0 Å². The zero-order valence-electron chi connectivity index (χ0n) is 15.2. The van der Waals surface area contributed by atoms with Crippen molar-refractivity contribution in [2.75, 3.05) is 13.7 Å². The molecular formula is C21H22FN3O2. The number of H-pyrrole nitrogens is 1. The number of hydrogen-bond acceptors (Lipinski definition) is 3. The smallest absolute Gasteiger partial charge is 0.222 e. The molecule has 1 N–H and O–H groups in total. The van der Waals surface area contributed by atoms with Gasteiger partial charge < -0.3 is 9.64 Å². The van der Waals surface area contributed by atoms with Crippen LogP contribution in [0.4, 0.5) is 4.39 Å². The zero-order valence-corrected chi connectivity index (χ0v) is 15.2. The molecule has 0 spiro atoms. The van der Waals surface area contributed by atoms with Crippen LogP contribution < -0.4 is 4.74 Å². The summed E-state index contributed by atoms with van der Waals surface area (Å²) in [5, 5.41) is 6.99. The molecule has 0 saturated carbocycles. The summed E-state index contributed by atoms with van der Waals surface area (Å²) in [6, 6.07) is 15.7. The molecule has 140 valence electrons. The Kier molecular flexibility index (Phi) is 6.20. The molecule has 27 heavy (non-hydrogen) atoms. The van der Waals surface area contributed by atoms with Crippen molar-refractivity contribution in [3.63, 3.8) is 0 Å². The van der Waals surface area contributed by atoms with E-state index in [0.717, 1.165) is 22.6 Å². The van der Waals surface area contributed by atoms with Crippen LogP contribution in [-0.2, 0) is 11.3 Å². The molecule has 0 saturated heterocycles. The molecule has 2 aromatic carbocycles.